The molecule has 18 heavy (non-hydrogen) atoms. The summed E-state index contributed by atoms with van der Waals surface area (Å²) in [6, 6.07) is 11.6. The van der Waals surface area contributed by atoms with Gasteiger partial charge in [-0.05, 0) is 36.9 Å². The number of rotatable bonds is 5. The van der Waals surface area contributed by atoms with Crippen LogP contribution in [0.15, 0.2) is 47.1 Å². The number of benzene rings is 1. The zero-order valence-electron chi connectivity index (χ0n) is 10.2. The normalized spacial score (nSPS) is 10.3. The summed E-state index contributed by atoms with van der Waals surface area (Å²) in [4.78, 5) is 4.28. The molecule has 1 aromatic carbocycles. The highest BCUT2D eigenvalue weighted by atomic mass is 79.9. The maximum atomic E-state index is 5.77. The van der Waals surface area contributed by atoms with Gasteiger partial charge in [0.1, 0.15) is 11.5 Å². The molecule has 0 saturated carbocycles. The molecule has 4 heteroatoms. The first-order valence-corrected chi connectivity index (χ1v) is 6.66. The van der Waals surface area contributed by atoms with Crippen molar-refractivity contribution in [1.29, 1.82) is 0 Å². The zero-order valence-corrected chi connectivity index (χ0v) is 11.8. The van der Waals surface area contributed by atoms with Crippen molar-refractivity contribution in [1.82, 2.24) is 10.3 Å². The summed E-state index contributed by atoms with van der Waals surface area (Å²) in [5.74, 6) is 1.62. The second kappa shape index (κ2) is 6.52. The lowest BCUT2D eigenvalue weighted by atomic mass is 10.3. The Labute approximate surface area is 115 Å². The molecule has 0 aliphatic rings. The third kappa shape index (κ3) is 3.82. The molecule has 1 heterocycles. The van der Waals surface area contributed by atoms with Crippen molar-refractivity contribution in [3.8, 4) is 11.5 Å². The average Bonchev–Trinajstić information content (AvgIpc) is 2.40. The fraction of sp³-hybridized carbons (Fsp3) is 0.214. The van der Waals surface area contributed by atoms with Crippen molar-refractivity contribution in [3.05, 3.63) is 52.8 Å². The molecule has 0 unspecified atom stereocenters. The van der Waals surface area contributed by atoms with Crippen LogP contribution < -0.4 is 10.1 Å². The van der Waals surface area contributed by atoms with E-state index in [0.717, 1.165) is 34.8 Å². The third-order valence-electron chi connectivity index (χ3n) is 2.39. The smallest absolute Gasteiger partial charge is 0.130 e. The van der Waals surface area contributed by atoms with E-state index in [1.807, 2.05) is 36.4 Å². The SMILES string of the molecule is CCNCc1cc(Oc2ccc(Br)cc2)ccn1. The van der Waals surface area contributed by atoms with E-state index >= 15 is 0 Å². The summed E-state index contributed by atoms with van der Waals surface area (Å²) in [7, 11) is 0. The molecule has 0 saturated heterocycles. The number of nitrogens with zero attached hydrogens (tertiary/aromatic N) is 1. The monoisotopic (exact) mass is 306 g/mol. The molecule has 0 atom stereocenters. The quantitative estimate of drug-likeness (QED) is 0.913. The topological polar surface area (TPSA) is 34.1 Å². The summed E-state index contributed by atoms with van der Waals surface area (Å²) in [6.45, 7) is 3.76. The molecule has 0 radical (unpaired) electrons. The van der Waals surface area contributed by atoms with E-state index in [2.05, 4.69) is 33.2 Å². The van der Waals surface area contributed by atoms with Gasteiger partial charge >= 0.3 is 0 Å². The first kappa shape index (κ1) is 13.1. The van der Waals surface area contributed by atoms with Crippen LogP contribution in [0.25, 0.3) is 0 Å². The Balaban J connectivity index is 2.06. The lowest BCUT2D eigenvalue weighted by Gasteiger charge is -2.07. The largest absolute Gasteiger partial charge is 0.457 e. The molecule has 2 rings (SSSR count). The molecule has 94 valence electrons. The molecule has 0 aliphatic heterocycles. The molecular weight excluding hydrogens is 292 g/mol. The fourth-order valence-corrected chi connectivity index (χ4v) is 1.77. The molecule has 1 aromatic heterocycles. The summed E-state index contributed by atoms with van der Waals surface area (Å²) >= 11 is 3.40. The van der Waals surface area contributed by atoms with Crippen molar-refractivity contribution in [2.24, 2.45) is 0 Å². The number of aromatic nitrogens is 1. The van der Waals surface area contributed by atoms with Crippen molar-refractivity contribution in [2.45, 2.75) is 13.5 Å². The Morgan fingerprint density at radius 1 is 1.17 bits per heavy atom. The van der Waals surface area contributed by atoms with Crippen LogP contribution in [0.3, 0.4) is 0 Å². The van der Waals surface area contributed by atoms with Gasteiger partial charge < -0.3 is 10.1 Å². The van der Waals surface area contributed by atoms with Crippen molar-refractivity contribution in [3.63, 3.8) is 0 Å². The van der Waals surface area contributed by atoms with Gasteiger partial charge in [0.15, 0.2) is 0 Å². The molecular formula is C14H15BrN2O. The first-order chi connectivity index (χ1) is 8.78. The molecule has 2 aromatic rings. The first-order valence-electron chi connectivity index (χ1n) is 5.87. The highest BCUT2D eigenvalue weighted by Crippen LogP contribution is 2.23. The second-order valence-corrected chi connectivity index (χ2v) is 4.73. The van der Waals surface area contributed by atoms with Crippen molar-refractivity contribution >= 4 is 15.9 Å². The number of halogens is 1. The minimum Gasteiger partial charge on any atom is -0.457 e. The molecule has 0 fully saturated rings. The molecule has 0 spiro atoms. The van der Waals surface area contributed by atoms with Gasteiger partial charge in [-0.3, -0.25) is 4.98 Å². The fourth-order valence-electron chi connectivity index (χ4n) is 1.51. The molecule has 0 aliphatic carbocycles. The highest BCUT2D eigenvalue weighted by molar-refractivity contribution is 9.10. The summed E-state index contributed by atoms with van der Waals surface area (Å²) in [5.41, 5.74) is 0.978. The third-order valence-corrected chi connectivity index (χ3v) is 2.92. The minimum absolute atomic E-state index is 0.758. The summed E-state index contributed by atoms with van der Waals surface area (Å²) in [6.07, 6.45) is 1.76. The number of pyridine rings is 1. The molecule has 3 nitrogen and oxygen atoms in total. The van der Waals surface area contributed by atoms with Gasteiger partial charge in [-0.15, -0.1) is 0 Å². The Hall–Kier alpha value is -1.39. The van der Waals surface area contributed by atoms with Gasteiger partial charge in [-0.25, -0.2) is 0 Å². The van der Waals surface area contributed by atoms with Gasteiger partial charge in [0, 0.05) is 23.3 Å². The number of hydrogen-bond donors (Lipinski definition) is 1. The van der Waals surface area contributed by atoms with Crippen molar-refractivity contribution in [2.75, 3.05) is 6.54 Å². The Morgan fingerprint density at radius 3 is 2.67 bits per heavy atom. The van der Waals surface area contributed by atoms with E-state index < -0.39 is 0 Å². The van der Waals surface area contributed by atoms with Gasteiger partial charge in [-0.2, -0.15) is 0 Å². The number of hydrogen-bond acceptors (Lipinski definition) is 3. The number of nitrogens with one attached hydrogen (secondary N) is 1. The van der Waals surface area contributed by atoms with Crippen LogP contribution in [0, 0.1) is 0 Å². The van der Waals surface area contributed by atoms with Gasteiger partial charge in [0.05, 0.1) is 5.69 Å². The van der Waals surface area contributed by atoms with E-state index in [1.165, 1.54) is 0 Å². The van der Waals surface area contributed by atoms with Crippen LogP contribution in [0.1, 0.15) is 12.6 Å². The van der Waals surface area contributed by atoms with E-state index in [4.69, 9.17) is 4.74 Å². The van der Waals surface area contributed by atoms with Crippen LogP contribution in [0.5, 0.6) is 11.5 Å². The van der Waals surface area contributed by atoms with E-state index in [1.54, 1.807) is 6.20 Å². The van der Waals surface area contributed by atoms with Crippen LogP contribution in [-0.2, 0) is 6.54 Å². The Kier molecular flexibility index (Phi) is 4.73. The van der Waals surface area contributed by atoms with Gasteiger partial charge in [0.25, 0.3) is 0 Å². The maximum absolute atomic E-state index is 5.77. The van der Waals surface area contributed by atoms with Gasteiger partial charge in [-0.1, -0.05) is 22.9 Å². The minimum atomic E-state index is 0.758. The Bertz CT molecular complexity index is 499. The predicted octanol–water partition coefficient (Wildman–Crippen LogP) is 3.75. The van der Waals surface area contributed by atoms with Crippen LogP contribution >= 0.6 is 15.9 Å². The lowest BCUT2D eigenvalue weighted by molar-refractivity contribution is 0.480. The van der Waals surface area contributed by atoms with Gasteiger partial charge in [0.2, 0.25) is 0 Å². The van der Waals surface area contributed by atoms with E-state index in [9.17, 15) is 0 Å². The predicted molar refractivity (Wildman–Crippen MR) is 75.8 cm³/mol. The van der Waals surface area contributed by atoms with E-state index in [0.29, 0.717) is 0 Å². The lowest BCUT2D eigenvalue weighted by Crippen LogP contribution is -2.12. The molecule has 1 N–H and O–H groups in total. The maximum Gasteiger partial charge on any atom is 0.130 e. The van der Waals surface area contributed by atoms with Crippen LogP contribution in [0.2, 0.25) is 0 Å². The second-order valence-electron chi connectivity index (χ2n) is 3.82. The molecule has 0 bridgehead atoms. The average molecular weight is 307 g/mol. The number of ether oxygens (including phenoxy) is 1. The zero-order chi connectivity index (χ0) is 12.8. The van der Waals surface area contributed by atoms with Crippen molar-refractivity contribution < 1.29 is 4.74 Å². The van der Waals surface area contributed by atoms with Crippen LogP contribution in [0.4, 0.5) is 0 Å². The summed E-state index contributed by atoms with van der Waals surface area (Å²) in [5, 5.41) is 3.24. The highest BCUT2D eigenvalue weighted by Gasteiger charge is 2.00. The van der Waals surface area contributed by atoms with Crippen LogP contribution in [-0.4, -0.2) is 11.5 Å². The van der Waals surface area contributed by atoms with E-state index in [-0.39, 0.29) is 0 Å². The molecule has 0 amide bonds. The standard InChI is InChI=1S/C14H15BrN2O/c1-2-16-10-12-9-14(7-8-17-12)18-13-5-3-11(15)4-6-13/h3-9,16H,2,10H2,1H3. The Morgan fingerprint density at radius 2 is 1.94 bits per heavy atom. The summed E-state index contributed by atoms with van der Waals surface area (Å²) < 4.78 is 6.80.